The van der Waals surface area contributed by atoms with E-state index in [2.05, 4.69) is 32.7 Å². The number of amides is 2. The van der Waals surface area contributed by atoms with E-state index in [0.717, 1.165) is 50.9 Å². The van der Waals surface area contributed by atoms with Crippen LogP contribution in [0.1, 0.15) is 54.4 Å². The minimum Gasteiger partial charge on any atom is -0.508 e. The quantitative estimate of drug-likeness (QED) is 0.133. The molecule has 5 aromatic rings. The molecule has 57 heavy (non-hydrogen) atoms. The lowest BCUT2D eigenvalue weighted by Gasteiger charge is -2.42. The molecule has 290 valence electrons. The lowest BCUT2D eigenvalue weighted by Crippen LogP contribution is -2.56. The second kappa shape index (κ2) is 14.1. The van der Waals surface area contributed by atoms with Crippen LogP contribution in [-0.2, 0) is 4.79 Å². The Bertz CT molecular complexity index is 2540. The van der Waals surface area contributed by atoms with Gasteiger partial charge in [0.15, 0.2) is 5.82 Å². The number of aromatic hydroxyl groups is 1. The van der Waals surface area contributed by atoms with Crippen LogP contribution in [0.4, 0.5) is 24.7 Å². The van der Waals surface area contributed by atoms with Crippen LogP contribution in [0.15, 0.2) is 61.3 Å². The average molecular weight is 774 g/mol. The summed E-state index contributed by atoms with van der Waals surface area (Å²) in [5.74, 6) is -0.665. The van der Waals surface area contributed by atoms with Crippen LogP contribution in [0.2, 0.25) is 0 Å². The van der Waals surface area contributed by atoms with Gasteiger partial charge < -0.3 is 25.0 Å². The van der Waals surface area contributed by atoms with Gasteiger partial charge in [-0.2, -0.15) is 9.97 Å². The van der Waals surface area contributed by atoms with Crippen LogP contribution in [0, 0.1) is 29.8 Å². The molecule has 4 fully saturated rings. The van der Waals surface area contributed by atoms with E-state index < -0.39 is 29.3 Å². The molecule has 0 aliphatic carbocycles. The van der Waals surface area contributed by atoms with E-state index in [4.69, 9.17) is 16.1 Å². The van der Waals surface area contributed by atoms with E-state index in [1.165, 1.54) is 42.6 Å². The number of nitrogens with zero attached hydrogens (tertiary/aromatic N) is 6. The maximum absolute atomic E-state index is 17.1. The second-order valence-corrected chi connectivity index (χ2v) is 15.3. The first-order chi connectivity index (χ1) is 27.6. The van der Waals surface area contributed by atoms with Gasteiger partial charge in [0.2, 0.25) is 5.91 Å². The molecule has 2 atom stereocenters. The van der Waals surface area contributed by atoms with E-state index in [1.54, 1.807) is 4.90 Å². The fraction of sp³-hybridized carbons (Fsp3) is 0.326. The first-order valence-corrected chi connectivity index (χ1v) is 19.0. The summed E-state index contributed by atoms with van der Waals surface area (Å²) in [6.45, 7) is 6.33. The number of benzene rings is 3. The summed E-state index contributed by atoms with van der Waals surface area (Å²) in [5, 5.41) is 14.1. The molecule has 2 unspecified atom stereocenters. The van der Waals surface area contributed by atoms with E-state index >= 15 is 8.78 Å². The first-order valence-electron chi connectivity index (χ1n) is 19.0. The van der Waals surface area contributed by atoms with Crippen LogP contribution < -0.4 is 15.0 Å². The van der Waals surface area contributed by atoms with Gasteiger partial charge in [0.05, 0.1) is 34.1 Å². The molecule has 2 N–H and O–H groups in total. The number of aromatic nitrogens is 3. The predicted molar refractivity (Wildman–Crippen MR) is 208 cm³/mol. The van der Waals surface area contributed by atoms with E-state index in [9.17, 15) is 19.1 Å². The number of rotatable bonds is 8. The van der Waals surface area contributed by atoms with Gasteiger partial charge in [-0.3, -0.25) is 19.5 Å². The normalized spacial score (nSPS) is 19.8. The standard InChI is InChI=1S/C43H38F3N7O4/c1-3-29-33(44)11-7-24-17-28(54)19-31(36(24)29)38-37(46)39-32(20-47-38)40(50-42(49-39)57-23-43-13-5-15-52(43)16-6-14-43)51-21-26-9-10-27(22-51)53(26)41(56)30-18-25(8-12-34(30)45)48-35(55)4-2/h1,4,7-8,11-12,17-20,26-27,54H,2,5-6,9-10,13-16,21-23H2,(H,48,55). The zero-order valence-electron chi connectivity index (χ0n) is 30.9. The third-order valence-electron chi connectivity index (χ3n) is 12.0. The van der Waals surface area contributed by atoms with Crippen molar-refractivity contribution in [3.05, 3.63) is 89.9 Å². The first kappa shape index (κ1) is 36.4. The van der Waals surface area contributed by atoms with Crippen molar-refractivity contribution >= 4 is 45.0 Å². The zero-order valence-corrected chi connectivity index (χ0v) is 30.9. The highest BCUT2D eigenvalue weighted by Crippen LogP contribution is 2.42. The summed E-state index contributed by atoms with van der Waals surface area (Å²) in [5.41, 5.74) is -0.329. The Balaban J connectivity index is 1.11. The van der Waals surface area contributed by atoms with Crippen LogP contribution in [0.25, 0.3) is 32.9 Å². The van der Waals surface area contributed by atoms with Gasteiger partial charge in [-0.25, -0.2) is 13.2 Å². The SMILES string of the molecule is C#Cc1c(F)ccc2cc(O)cc(-c3ncc4c(N5CC6CCC(C5)N6C(=O)c5cc(NC(=O)C=C)ccc5F)nc(OCC56CCCN5CCC6)nc4c3F)c12. The topological polar surface area (TPSA) is 124 Å². The van der Waals surface area contributed by atoms with Crippen molar-refractivity contribution in [2.75, 3.05) is 43.0 Å². The summed E-state index contributed by atoms with van der Waals surface area (Å²) in [6, 6.07) is 8.52. The number of piperazine rings is 1. The van der Waals surface area contributed by atoms with Crippen LogP contribution in [0.3, 0.4) is 0 Å². The summed E-state index contributed by atoms with van der Waals surface area (Å²) in [4.78, 5) is 46.0. The molecule has 4 aliphatic heterocycles. The van der Waals surface area contributed by atoms with Gasteiger partial charge >= 0.3 is 6.01 Å². The van der Waals surface area contributed by atoms with Crippen molar-refractivity contribution in [2.24, 2.45) is 0 Å². The van der Waals surface area contributed by atoms with Crippen molar-refractivity contribution in [1.82, 2.24) is 24.8 Å². The average Bonchev–Trinajstić information content (AvgIpc) is 3.87. The molecule has 2 bridgehead atoms. The molecular formula is C43H38F3N7O4. The molecule has 2 aromatic heterocycles. The molecule has 2 amide bonds. The molecule has 0 saturated carbocycles. The molecule has 14 heteroatoms. The Morgan fingerprint density at radius 1 is 1.04 bits per heavy atom. The van der Waals surface area contributed by atoms with Gasteiger partial charge in [-0.1, -0.05) is 18.6 Å². The molecule has 4 aliphatic rings. The number of carbonyl (C=O) groups is 2. The molecule has 9 rings (SSSR count). The molecular weight excluding hydrogens is 736 g/mol. The minimum absolute atomic E-state index is 0.0240. The Labute approximate surface area is 326 Å². The maximum atomic E-state index is 17.1. The highest BCUT2D eigenvalue weighted by atomic mass is 19.1. The largest absolute Gasteiger partial charge is 0.508 e. The van der Waals surface area contributed by atoms with Crippen LogP contribution >= 0.6 is 0 Å². The molecule has 11 nitrogen and oxygen atoms in total. The molecule has 3 aromatic carbocycles. The predicted octanol–water partition coefficient (Wildman–Crippen LogP) is 6.57. The van der Waals surface area contributed by atoms with Crippen LogP contribution in [0.5, 0.6) is 11.8 Å². The fourth-order valence-electron chi connectivity index (χ4n) is 9.43. The number of hydrogen-bond acceptors (Lipinski definition) is 9. The maximum Gasteiger partial charge on any atom is 0.319 e. The number of ether oxygens (including phenoxy) is 1. The van der Waals surface area contributed by atoms with Gasteiger partial charge in [-0.15, -0.1) is 6.42 Å². The molecule has 4 saturated heterocycles. The van der Waals surface area contributed by atoms with Crippen molar-refractivity contribution < 1.29 is 32.6 Å². The number of anilines is 2. The lowest BCUT2D eigenvalue weighted by atomic mass is 9.95. The Hall–Kier alpha value is -6.20. The number of phenols is 1. The van der Waals surface area contributed by atoms with Gasteiger partial charge in [0.1, 0.15) is 41.0 Å². The molecule has 0 radical (unpaired) electrons. The molecule has 0 spiro atoms. The van der Waals surface area contributed by atoms with Crippen molar-refractivity contribution in [2.45, 2.75) is 56.1 Å². The van der Waals surface area contributed by atoms with Crippen molar-refractivity contribution in [1.29, 1.82) is 0 Å². The monoisotopic (exact) mass is 773 g/mol. The number of pyridine rings is 1. The Kier molecular flexibility index (Phi) is 9.00. The van der Waals surface area contributed by atoms with E-state index in [0.29, 0.717) is 43.7 Å². The Morgan fingerprint density at radius 2 is 1.77 bits per heavy atom. The highest BCUT2D eigenvalue weighted by molar-refractivity contribution is 6.03. The number of nitrogens with one attached hydrogen (secondary N) is 1. The number of terminal acetylenes is 1. The molecule has 6 heterocycles. The summed E-state index contributed by atoms with van der Waals surface area (Å²) >= 11 is 0. The fourth-order valence-corrected chi connectivity index (χ4v) is 9.43. The number of carbonyl (C=O) groups excluding carboxylic acids is 2. The minimum atomic E-state index is -0.836. The van der Waals surface area contributed by atoms with Gasteiger partial charge in [0.25, 0.3) is 5.91 Å². The third kappa shape index (κ3) is 6.17. The number of hydrogen-bond donors (Lipinski definition) is 2. The number of phenolic OH excluding ortho intramolecular Hbond substituents is 1. The second-order valence-electron chi connectivity index (χ2n) is 15.3. The third-order valence-corrected chi connectivity index (χ3v) is 12.0. The Morgan fingerprint density at radius 3 is 2.49 bits per heavy atom. The van der Waals surface area contributed by atoms with Crippen LogP contribution in [-0.4, -0.2) is 92.1 Å². The van der Waals surface area contributed by atoms with Crippen molar-refractivity contribution in [3.8, 4) is 35.4 Å². The van der Waals surface area contributed by atoms with E-state index in [1.807, 2.05) is 4.90 Å². The summed E-state index contributed by atoms with van der Waals surface area (Å²) in [6.07, 6.45) is 13.6. The zero-order chi connectivity index (χ0) is 39.6. The summed E-state index contributed by atoms with van der Waals surface area (Å²) < 4.78 is 53.7. The van der Waals surface area contributed by atoms with Gasteiger partial charge in [-0.05, 0) is 99.5 Å². The lowest BCUT2D eigenvalue weighted by molar-refractivity contribution is -0.111. The van der Waals surface area contributed by atoms with E-state index in [-0.39, 0.29) is 73.7 Å². The smallest absolute Gasteiger partial charge is 0.319 e. The van der Waals surface area contributed by atoms with Gasteiger partial charge in [0, 0.05) is 35.9 Å². The highest BCUT2D eigenvalue weighted by Gasteiger charge is 2.46. The number of fused-ring (bicyclic) bond motifs is 5. The van der Waals surface area contributed by atoms with Crippen molar-refractivity contribution in [3.63, 3.8) is 0 Å². The number of halogens is 3. The summed E-state index contributed by atoms with van der Waals surface area (Å²) in [7, 11) is 0.